The van der Waals surface area contributed by atoms with Gasteiger partial charge >= 0.3 is 0 Å². The normalized spacial score (nSPS) is 38.0. The molecule has 1 unspecified atom stereocenters. The highest BCUT2D eigenvalue weighted by atomic mass is 15.0. The summed E-state index contributed by atoms with van der Waals surface area (Å²) in [6.07, 6.45) is 6.95. The molecule has 0 bridgehead atoms. The largest absolute Gasteiger partial charge is 0.316 e. The van der Waals surface area contributed by atoms with Crippen LogP contribution in [0.1, 0.15) is 32.1 Å². The smallest absolute Gasteiger partial charge is 0.0202 e. The van der Waals surface area contributed by atoms with E-state index in [0.29, 0.717) is 5.41 Å². The topological polar surface area (TPSA) is 26.1 Å². The fraction of sp³-hybridized carbons (Fsp3) is 1.00. The Hall–Kier alpha value is -0.0800. The molecule has 2 saturated heterocycles. The van der Waals surface area contributed by atoms with Crippen LogP contribution in [0.15, 0.2) is 0 Å². The van der Waals surface area contributed by atoms with Crippen LogP contribution < -0.4 is 10.6 Å². The van der Waals surface area contributed by atoms with E-state index in [1.807, 2.05) is 0 Å². The Labute approximate surface area is 75.1 Å². The molecule has 0 aromatic carbocycles. The van der Waals surface area contributed by atoms with Gasteiger partial charge in [0.05, 0.1) is 0 Å². The summed E-state index contributed by atoms with van der Waals surface area (Å²) in [6, 6.07) is 0. The highest BCUT2D eigenvalue weighted by molar-refractivity contribution is 4.90. The van der Waals surface area contributed by atoms with Gasteiger partial charge < -0.3 is 5.32 Å². The van der Waals surface area contributed by atoms with E-state index in [1.54, 1.807) is 0 Å². The molecule has 0 aromatic rings. The van der Waals surface area contributed by atoms with Crippen molar-refractivity contribution >= 4 is 0 Å². The molecule has 2 heteroatoms. The molecule has 1 spiro atoms. The van der Waals surface area contributed by atoms with Crippen LogP contribution in [0, 0.1) is 5.41 Å². The molecular formula is C10H19N2. The molecule has 0 amide bonds. The van der Waals surface area contributed by atoms with Gasteiger partial charge in [-0.15, -0.1) is 0 Å². The van der Waals surface area contributed by atoms with Gasteiger partial charge in [0.2, 0.25) is 0 Å². The summed E-state index contributed by atoms with van der Waals surface area (Å²) in [5.74, 6) is 0. The maximum atomic E-state index is 4.49. The van der Waals surface area contributed by atoms with Crippen molar-refractivity contribution in [3.63, 3.8) is 0 Å². The van der Waals surface area contributed by atoms with E-state index in [-0.39, 0.29) is 0 Å². The number of hydrogen-bond acceptors (Lipinski definition) is 1. The van der Waals surface area contributed by atoms with E-state index < -0.39 is 0 Å². The van der Waals surface area contributed by atoms with Crippen molar-refractivity contribution in [3.8, 4) is 0 Å². The Kier molecular flexibility index (Phi) is 2.66. The summed E-state index contributed by atoms with van der Waals surface area (Å²) in [4.78, 5) is 0. The second-order valence-electron chi connectivity index (χ2n) is 4.34. The summed E-state index contributed by atoms with van der Waals surface area (Å²) >= 11 is 0. The first-order valence-electron chi connectivity index (χ1n) is 5.25. The molecule has 2 nitrogen and oxygen atoms in total. The van der Waals surface area contributed by atoms with Crippen LogP contribution in [-0.2, 0) is 0 Å². The average Bonchev–Trinajstić information content (AvgIpc) is 2.47. The first-order valence-corrected chi connectivity index (χ1v) is 5.25. The summed E-state index contributed by atoms with van der Waals surface area (Å²) in [7, 11) is 0. The Morgan fingerprint density at radius 1 is 1.08 bits per heavy atom. The van der Waals surface area contributed by atoms with E-state index in [1.165, 1.54) is 45.2 Å². The van der Waals surface area contributed by atoms with Crippen molar-refractivity contribution in [2.75, 3.05) is 26.2 Å². The van der Waals surface area contributed by atoms with Crippen molar-refractivity contribution < 1.29 is 0 Å². The zero-order valence-electron chi connectivity index (χ0n) is 7.81. The van der Waals surface area contributed by atoms with Crippen LogP contribution in [0.4, 0.5) is 0 Å². The molecule has 0 aromatic heterocycles. The quantitative estimate of drug-likeness (QED) is 0.575. The summed E-state index contributed by atoms with van der Waals surface area (Å²) in [5.41, 5.74) is 0.570. The molecule has 1 atom stereocenters. The number of nitrogens with one attached hydrogen (secondary N) is 1. The molecule has 2 rings (SSSR count). The van der Waals surface area contributed by atoms with Crippen molar-refractivity contribution in [3.05, 3.63) is 0 Å². The number of hydrogen-bond donors (Lipinski definition) is 1. The maximum absolute atomic E-state index is 4.49. The fourth-order valence-corrected chi connectivity index (χ4v) is 2.43. The molecule has 2 aliphatic rings. The minimum atomic E-state index is 0.570. The standard InChI is InChI=1S/C10H19N2/c1-2-4-10(5-7-12-9-10)8-11-6-3-1/h11H,1-9H2. The molecule has 2 aliphatic heterocycles. The first kappa shape index (κ1) is 8.52. The second kappa shape index (κ2) is 3.75. The van der Waals surface area contributed by atoms with Crippen LogP contribution in [0.5, 0.6) is 0 Å². The predicted octanol–water partition coefficient (Wildman–Crippen LogP) is 1.14. The third-order valence-corrected chi connectivity index (χ3v) is 3.31. The van der Waals surface area contributed by atoms with E-state index in [9.17, 15) is 0 Å². The predicted molar refractivity (Wildman–Crippen MR) is 50.3 cm³/mol. The molecule has 0 aliphatic carbocycles. The zero-order valence-corrected chi connectivity index (χ0v) is 7.81. The third-order valence-electron chi connectivity index (χ3n) is 3.31. The van der Waals surface area contributed by atoms with E-state index in [2.05, 4.69) is 10.6 Å². The number of nitrogens with zero attached hydrogens (tertiary/aromatic N) is 1. The van der Waals surface area contributed by atoms with Crippen molar-refractivity contribution in [2.45, 2.75) is 32.1 Å². The lowest BCUT2D eigenvalue weighted by molar-refractivity contribution is 0.254. The highest BCUT2D eigenvalue weighted by Crippen LogP contribution is 2.32. The molecule has 69 valence electrons. The Morgan fingerprint density at radius 2 is 2.08 bits per heavy atom. The molecule has 0 saturated carbocycles. The SMILES string of the molecule is C1CCNCC2(CC1)CC[N]C2. The van der Waals surface area contributed by atoms with Crippen LogP contribution in [0.2, 0.25) is 0 Å². The lowest BCUT2D eigenvalue weighted by Crippen LogP contribution is -2.37. The Bertz CT molecular complexity index is 129. The molecule has 2 fully saturated rings. The van der Waals surface area contributed by atoms with E-state index in [4.69, 9.17) is 0 Å². The van der Waals surface area contributed by atoms with Gasteiger partial charge in [0.1, 0.15) is 0 Å². The average molecular weight is 167 g/mol. The third kappa shape index (κ3) is 1.80. The van der Waals surface area contributed by atoms with Crippen LogP contribution in [0.25, 0.3) is 0 Å². The van der Waals surface area contributed by atoms with Crippen molar-refractivity contribution in [1.82, 2.24) is 10.6 Å². The van der Waals surface area contributed by atoms with Gasteiger partial charge in [-0.25, -0.2) is 5.32 Å². The van der Waals surface area contributed by atoms with Gasteiger partial charge in [0, 0.05) is 19.6 Å². The van der Waals surface area contributed by atoms with Crippen LogP contribution in [0.3, 0.4) is 0 Å². The minimum Gasteiger partial charge on any atom is -0.316 e. The zero-order chi connectivity index (χ0) is 8.28. The van der Waals surface area contributed by atoms with E-state index >= 15 is 0 Å². The van der Waals surface area contributed by atoms with Gasteiger partial charge in [-0.2, -0.15) is 0 Å². The summed E-state index contributed by atoms with van der Waals surface area (Å²) < 4.78 is 0. The van der Waals surface area contributed by atoms with Crippen LogP contribution in [-0.4, -0.2) is 26.2 Å². The maximum Gasteiger partial charge on any atom is 0.0202 e. The van der Waals surface area contributed by atoms with Gasteiger partial charge in [-0.05, 0) is 31.2 Å². The first-order chi connectivity index (χ1) is 5.91. The summed E-state index contributed by atoms with van der Waals surface area (Å²) in [6.45, 7) is 4.68. The number of rotatable bonds is 0. The monoisotopic (exact) mass is 167 g/mol. The molecule has 2 heterocycles. The second-order valence-corrected chi connectivity index (χ2v) is 4.34. The summed E-state index contributed by atoms with van der Waals surface area (Å²) in [5, 5.41) is 8.05. The molecule has 1 radical (unpaired) electrons. The highest BCUT2D eigenvalue weighted by Gasteiger charge is 2.33. The van der Waals surface area contributed by atoms with E-state index in [0.717, 1.165) is 13.1 Å². The lowest BCUT2D eigenvalue weighted by Gasteiger charge is -2.30. The lowest BCUT2D eigenvalue weighted by atomic mass is 9.81. The molecular weight excluding hydrogens is 148 g/mol. The van der Waals surface area contributed by atoms with Crippen molar-refractivity contribution in [2.24, 2.45) is 5.41 Å². The van der Waals surface area contributed by atoms with Gasteiger partial charge in [0.25, 0.3) is 0 Å². The van der Waals surface area contributed by atoms with Crippen LogP contribution >= 0.6 is 0 Å². The minimum absolute atomic E-state index is 0.570. The Balaban J connectivity index is 1.92. The van der Waals surface area contributed by atoms with Gasteiger partial charge in [-0.1, -0.05) is 12.8 Å². The van der Waals surface area contributed by atoms with Gasteiger partial charge in [0.15, 0.2) is 0 Å². The Morgan fingerprint density at radius 3 is 2.92 bits per heavy atom. The molecule has 1 N–H and O–H groups in total. The fourth-order valence-electron chi connectivity index (χ4n) is 2.43. The van der Waals surface area contributed by atoms with Crippen molar-refractivity contribution in [1.29, 1.82) is 0 Å². The molecule has 12 heavy (non-hydrogen) atoms. The van der Waals surface area contributed by atoms with Gasteiger partial charge in [-0.3, -0.25) is 0 Å².